The standard InChI is InChI=1S/C9H12O5/c1-2-13-9(12)7(10)6-4-3-5-14-8(6)11/h6H,2-5H2,1H3/t6-/m1/s1. The third kappa shape index (κ3) is 2.31. The van der Waals surface area contributed by atoms with E-state index in [4.69, 9.17) is 0 Å². The highest BCUT2D eigenvalue weighted by atomic mass is 16.5. The van der Waals surface area contributed by atoms with Crippen LogP contribution in [0.3, 0.4) is 0 Å². The highest BCUT2D eigenvalue weighted by molar-refractivity contribution is 6.37. The molecule has 0 unspecified atom stereocenters. The fraction of sp³-hybridized carbons (Fsp3) is 0.667. The minimum Gasteiger partial charge on any atom is -0.465 e. The Kier molecular flexibility index (Phi) is 3.62. The van der Waals surface area contributed by atoms with E-state index in [-0.39, 0.29) is 6.61 Å². The van der Waals surface area contributed by atoms with Crippen LogP contribution in [0.5, 0.6) is 0 Å². The van der Waals surface area contributed by atoms with Gasteiger partial charge in [-0.15, -0.1) is 0 Å². The second kappa shape index (κ2) is 4.74. The summed E-state index contributed by atoms with van der Waals surface area (Å²) < 4.78 is 9.18. The molecule has 0 N–H and O–H groups in total. The van der Waals surface area contributed by atoms with E-state index in [0.717, 1.165) is 0 Å². The van der Waals surface area contributed by atoms with Crippen LogP contribution in [0.2, 0.25) is 0 Å². The first-order valence-corrected chi connectivity index (χ1v) is 4.54. The number of esters is 2. The monoisotopic (exact) mass is 200 g/mol. The van der Waals surface area contributed by atoms with Crippen molar-refractivity contribution < 1.29 is 23.9 Å². The summed E-state index contributed by atoms with van der Waals surface area (Å²) in [5, 5.41) is 0. The van der Waals surface area contributed by atoms with Crippen molar-refractivity contribution in [2.24, 2.45) is 5.92 Å². The van der Waals surface area contributed by atoms with Crippen molar-refractivity contribution in [1.82, 2.24) is 0 Å². The molecule has 1 aliphatic rings. The van der Waals surface area contributed by atoms with Gasteiger partial charge in [-0.05, 0) is 19.8 Å². The lowest BCUT2D eigenvalue weighted by molar-refractivity contribution is -0.164. The van der Waals surface area contributed by atoms with Gasteiger partial charge in [-0.25, -0.2) is 4.79 Å². The molecule has 0 aromatic rings. The zero-order valence-electron chi connectivity index (χ0n) is 7.95. The van der Waals surface area contributed by atoms with E-state index in [2.05, 4.69) is 9.47 Å². The van der Waals surface area contributed by atoms with Gasteiger partial charge in [-0.2, -0.15) is 0 Å². The summed E-state index contributed by atoms with van der Waals surface area (Å²) in [6.45, 7) is 2.06. The molecule has 1 rings (SSSR count). The van der Waals surface area contributed by atoms with E-state index >= 15 is 0 Å². The normalized spacial score (nSPS) is 21.2. The Bertz CT molecular complexity index is 258. The molecule has 0 aromatic carbocycles. The Morgan fingerprint density at radius 3 is 2.86 bits per heavy atom. The highest BCUT2D eigenvalue weighted by Crippen LogP contribution is 2.16. The summed E-state index contributed by atoms with van der Waals surface area (Å²) in [5.41, 5.74) is 0. The van der Waals surface area contributed by atoms with Crippen molar-refractivity contribution in [3.05, 3.63) is 0 Å². The summed E-state index contributed by atoms with van der Waals surface area (Å²) in [4.78, 5) is 33.4. The number of hydrogen-bond donors (Lipinski definition) is 0. The molecule has 0 bridgehead atoms. The minimum atomic E-state index is -0.956. The molecule has 1 atom stereocenters. The van der Waals surface area contributed by atoms with Crippen LogP contribution >= 0.6 is 0 Å². The SMILES string of the molecule is CCOC(=O)C(=O)[C@H]1CCCOC1=O. The van der Waals surface area contributed by atoms with Gasteiger partial charge in [0.15, 0.2) is 0 Å². The third-order valence-electron chi connectivity index (χ3n) is 1.96. The summed E-state index contributed by atoms with van der Waals surface area (Å²) in [6, 6.07) is 0. The molecule has 78 valence electrons. The summed E-state index contributed by atoms with van der Waals surface area (Å²) in [6.07, 6.45) is 0.984. The van der Waals surface area contributed by atoms with Gasteiger partial charge in [-0.3, -0.25) is 9.59 Å². The molecule has 1 heterocycles. The lowest BCUT2D eigenvalue weighted by Crippen LogP contribution is -2.35. The van der Waals surface area contributed by atoms with Gasteiger partial charge in [0.05, 0.1) is 13.2 Å². The van der Waals surface area contributed by atoms with Crippen molar-refractivity contribution in [1.29, 1.82) is 0 Å². The van der Waals surface area contributed by atoms with Crippen LogP contribution in [0.1, 0.15) is 19.8 Å². The zero-order valence-corrected chi connectivity index (χ0v) is 7.95. The van der Waals surface area contributed by atoms with Crippen LogP contribution < -0.4 is 0 Å². The molecule has 0 aromatic heterocycles. The molecular formula is C9H12O5. The quantitative estimate of drug-likeness (QED) is 0.366. The second-order valence-corrected chi connectivity index (χ2v) is 2.95. The molecule has 0 aliphatic carbocycles. The number of carbonyl (C=O) groups excluding carboxylic acids is 3. The molecule has 0 saturated carbocycles. The predicted molar refractivity (Wildman–Crippen MR) is 45.3 cm³/mol. The molecule has 1 fully saturated rings. The van der Waals surface area contributed by atoms with E-state index in [9.17, 15) is 14.4 Å². The van der Waals surface area contributed by atoms with Crippen molar-refractivity contribution in [2.45, 2.75) is 19.8 Å². The number of carbonyl (C=O) groups is 3. The molecule has 1 saturated heterocycles. The van der Waals surface area contributed by atoms with Crippen LogP contribution in [0.15, 0.2) is 0 Å². The Morgan fingerprint density at radius 1 is 1.57 bits per heavy atom. The molecule has 5 heteroatoms. The number of cyclic esters (lactones) is 1. The van der Waals surface area contributed by atoms with Crippen LogP contribution in [-0.4, -0.2) is 30.9 Å². The summed E-state index contributed by atoms with van der Waals surface area (Å²) in [7, 11) is 0. The maximum atomic E-state index is 11.3. The number of ether oxygens (including phenoxy) is 2. The number of ketones is 1. The van der Waals surface area contributed by atoms with Crippen LogP contribution in [0, 0.1) is 5.92 Å². The Labute approximate surface area is 81.4 Å². The van der Waals surface area contributed by atoms with Crippen LogP contribution in [0.4, 0.5) is 0 Å². The largest absolute Gasteiger partial charge is 0.465 e. The van der Waals surface area contributed by atoms with E-state index in [1.807, 2.05) is 0 Å². The number of Topliss-reactive ketones (excluding diaryl/α,β-unsaturated/α-hetero) is 1. The van der Waals surface area contributed by atoms with Crippen LogP contribution in [0.25, 0.3) is 0 Å². The summed E-state index contributed by atoms with van der Waals surface area (Å²) >= 11 is 0. The number of rotatable bonds is 3. The molecule has 0 radical (unpaired) electrons. The van der Waals surface area contributed by atoms with Gasteiger partial charge in [-0.1, -0.05) is 0 Å². The lowest BCUT2D eigenvalue weighted by Gasteiger charge is -2.18. The molecular weight excluding hydrogens is 188 g/mol. The van der Waals surface area contributed by atoms with E-state index < -0.39 is 23.6 Å². The second-order valence-electron chi connectivity index (χ2n) is 2.95. The number of hydrogen-bond acceptors (Lipinski definition) is 5. The lowest BCUT2D eigenvalue weighted by atomic mass is 9.97. The van der Waals surface area contributed by atoms with Gasteiger partial charge >= 0.3 is 11.9 Å². The predicted octanol–water partition coefficient (Wildman–Crippen LogP) is 0.0718. The Hall–Kier alpha value is -1.39. The smallest absolute Gasteiger partial charge is 0.375 e. The molecule has 14 heavy (non-hydrogen) atoms. The van der Waals surface area contributed by atoms with Crippen molar-refractivity contribution in [3.63, 3.8) is 0 Å². The molecule has 1 aliphatic heterocycles. The van der Waals surface area contributed by atoms with Crippen molar-refractivity contribution in [2.75, 3.05) is 13.2 Å². The fourth-order valence-electron chi connectivity index (χ4n) is 1.26. The van der Waals surface area contributed by atoms with Crippen molar-refractivity contribution >= 4 is 17.7 Å². The van der Waals surface area contributed by atoms with Gasteiger partial charge in [0, 0.05) is 0 Å². The maximum absolute atomic E-state index is 11.3. The fourth-order valence-corrected chi connectivity index (χ4v) is 1.26. The third-order valence-corrected chi connectivity index (χ3v) is 1.96. The van der Waals surface area contributed by atoms with E-state index in [1.54, 1.807) is 6.92 Å². The van der Waals surface area contributed by atoms with E-state index in [0.29, 0.717) is 19.4 Å². The average Bonchev–Trinajstić information content (AvgIpc) is 2.18. The average molecular weight is 200 g/mol. The molecule has 0 spiro atoms. The van der Waals surface area contributed by atoms with Gasteiger partial charge in [0.2, 0.25) is 0 Å². The first-order chi connectivity index (χ1) is 6.66. The Morgan fingerprint density at radius 2 is 2.29 bits per heavy atom. The first kappa shape index (κ1) is 10.7. The zero-order chi connectivity index (χ0) is 10.6. The summed E-state index contributed by atoms with van der Waals surface area (Å²) in [5.74, 6) is -3.31. The van der Waals surface area contributed by atoms with Gasteiger partial charge < -0.3 is 9.47 Å². The highest BCUT2D eigenvalue weighted by Gasteiger charge is 2.35. The maximum Gasteiger partial charge on any atom is 0.375 e. The first-order valence-electron chi connectivity index (χ1n) is 4.54. The minimum absolute atomic E-state index is 0.131. The Balaban J connectivity index is 2.58. The van der Waals surface area contributed by atoms with Crippen molar-refractivity contribution in [3.8, 4) is 0 Å². The van der Waals surface area contributed by atoms with E-state index in [1.165, 1.54) is 0 Å². The van der Waals surface area contributed by atoms with Gasteiger partial charge in [0.25, 0.3) is 5.78 Å². The van der Waals surface area contributed by atoms with Gasteiger partial charge in [0.1, 0.15) is 5.92 Å². The molecule has 5 nitrogen and oxygen atoms in total. The topological polar surface area (TPSA) is 69.7 Å². The van der Waals surface area contributed by atoms with Crippen LogP contribution in [-0.2, 0) is 23.9 Å². The molecule has 0 amide bonds.